The molecule has 1 saturated carbocycles. The molecule has 1 fully saturated rings. The van der Waals surface area contributed by atoms with Crippen LogP contribution < -0.4 is 0 Å². The maximum atomic E-state index is 11.7. The molecule has 1 aliphatic carbocycles. The molecule has 0 atom stereocenters. The van der Waals surface area contributed by atoms with Crippen LogP contribution in [0.15, 0.2) is 11.6 Å². The van der Waals surface area contributed by atoms with E-state index in [0.717, 1.165) is 25.7 Å². The van der Waals surface area contributed by atoms with E-state index in [2.05, 4.69) is 38.6 Å². The number of hydrogen-bond acceptors (Lipinski definition) is 4. The zero-order valence-corrected chi connectivity index (χ0v) is 16.8. The lowest BCUT2D eigenvalue weighted by Gasteiger charge is -2.41. The Morgan fingerprint density at radius 2 is 1.71 bits per heavy atom. The Morgan fingerprint density at radius 3 is 2.12 bits per heavy atom. The van der Waals surface area contributed by atoms with Gasteiger partial charge in [-0.2, -0.15) is 0 Å². The average molecular weight is 357 g/mol. The number of esters is 1. The van der Waals surface area contributed by atoms with E-state index in [1.807, 2.05) is 0 Å². The highest BCUT2D eigenvalue weighted by molar-refractivity contribution is 6.74. The number of allylic oxidation sites excluding steroid dienone is 1. The molecule has 0 bridgehead atoms. The summed E-state index contributed by atoms with van der Waals surface area (Å²) in [6.07, 6.45) is 5.52. The van der Waals surface area contributed by atoms with Crippen LogP contribution in [0.2, 0.25) is 18.1 Å². The first-order valence-electron chi connectivity index (χ1n) is 8.65. The van der Waals surface area contributed by atoms with Crippen LogP contribution in [0.5, 0.6) is 0 Å². The predicted molar refractivity (Wildman–Crippen MR) is 96.4 cm³/mol. The van der Waals surface area contributed by atoms with Crippen molar-refractivity contribution >= 4 is 20.3 Å². The fraction of sp³-hybridized carbons (Fsp3) is 0.778. The van der Waals surface area contributed by atoms with E-state index < -0.39 is 20.3 Å². The molecule has 0 aliphatic heterocycles. The van der Waals surface area contributed by atoms with E-state index in [-0.39, 0.29) is 29.1 Å². The van der Waals surface area contributed by atoms with Gasteiger partial charge in [0.05, 0.1) is 13.5 Å². The highest BCUT2D eigenvalue weighted by Crippen LogP contribution is 2.39. The maximum Gasteiger partial charge on any atom is 0.334 e. The third-order valence-corrected chi connectivity index (χ3v) is 9.75. The molecule has 0 aromatic rings. The van der Waals surface area contributed by atoms with Crippen LogP contribution in [0, 0.1) is 5.92 Å². The highest BCUT2D eigenvalue weighted by atomic mass is 28.4. The van der Waals surface area contributed by atoms with Crippen LogP contribution in [0.4, 0.5) is 0 Å². The van der Waals surface area contributed by atoms with Gasteiger partial charge < -0.3 is 14.3 Å². The smallest absolute Gasteiger partial charge is 0.334 e. The summed E-state index contributed by atoms with van der Waals surface area (Å²) in [5.74, 6) is -1.34. The summed E-state index contributed by atoms with van der Waals surface area (Å²) < 4.78 is 11.2. The molecule has 0 heterocycles. The number of carbonyl (C=O) groups excluding carboxylic acids is 1. The van der Waals surface area contributed by atoms with Gasteiger partial charge in [-0.25, -0.2) is 4.79 Å². The summed E-state index contributed by atoms with van der Waals surface area (Å²) in [4.78, 5) is 22.6. The van der Waals surface area contributed by atoms with E-state index in [4.69, 9.17) is 9.53 Å². The summed E-state index contributed by atoms with van der Waals surface area (Å²) in [5, 5.41) is 9.14. The molecule has 0 amide bonds. The van der Waals surface area contributed by atoms with Gasteiger partial charge in [-0.05, 0) is 49.7 Å². The highest BCUT2D eigenvalue weighted by Gasteiger charge is 2.39. The Bertz CT molecular complexity index is 482. The normalized spacial score (nSPS) is 23.0. The fourth-order valence-electron chi connectivity index (χ4n) is 2.74. The van der Waals surface area contributed by atoms with Gasteiger partial charge in [0.2, 0.25) is 0 Å². The SMILES string of the molecule is COC(=O)C(=CC1CCC(O[Si](C)(C)C(C)(C)C)CC1)CC(=O)O. The molecule has 1 N–H and O–H groups in total. The van der Waals surface area contributed by atoms with Crippen LogP contribution in [0.3, 0.4) is 0 Å². The van der Waals surface area contributed by atoms with Crippen LogP contribution >= 0.6 is 0 Å². The number of rotatable bonds is 6. The number of carboxylic acid groups (broad SMARTS) is 1. The number of aliphatic carboxylic acids is 1. The zero-order valence-electron chi connectivity index (χ0n) is 15.8. The molecular weight excluding hydrogens is 324 g/mol. The van der Waals surface area contributed by atoms with Crippen molar-refractivity contribution in [2.75, 3.05) is 7.11 Å². The number of methoxy groups -OCH3 is 1. The summed E-state index contributed by atoms with van der Waals surface area (Å²) in [6, 6.07) is 0. The summed E-state index contributed by atoms with van der Waals surface area (Å²) in [6.45, 7) is 11.2. The van der Waals surface area contributed by atoms with E-state index in [1.165, 1.54) is 7.11 Å². The zero-order chi connectivity index (χ0) is 18.5. The van der Waals surface area contributed by atoms with E-state index in [1.54, 1.807) is 6.08 Å². The van der Waals surface area contributed by atoms with Gasteiger partial charge in [-0.3, -0.25) is 4.79 Å². The van der Waals surface area contributed by atoms with Gasteiger partial charge in [0.25, 0.3) is 0 Å². The molecule has 138 valence electrons. The Hall–Kier alpha value is -1.14. The Balaban J connectivity index is 2.65. The lowest BCUT2D eigenvalue weighted by molar-refractivity contribution is -0.141. The minimum Gasteiger partial charge on any atom is -0.481 e. The fourth-order valence-corrected chi connectivity index (χ4v) is 4.17. The molecule has 0 saturated heterocycles. The number of carbonyl (C=O) groups is 2. The number of ether oxygens (including phenoxy) is 1. The first-order valence-corrected chi connectivity index (χ1v) is 11.6. The van der Waals surface area contributed by atoms with Crippen molar-refractivity contribution in [2.45, 2.75) is 77.1 Å². The molecule has 6 heteroatoms. The third kappa shape index (κ3) is 6.05. The van der Waals surface area contributed by atoms with Gasteiger partial charge in [0, 0.05) is 11.7 Å². The van der Waals surface area contributed by atoms with Gasteiger partial charge in [0.15, 0.2) is 8.32 Å². The standard InChI is InChI=1S/C18H32O5Si/c1-18(2,3)24(5,6)23-15-9-7-13(8-10-15)11-14(12-16(19)20)17(21)22-4/h11,13,15H,7-10,12H2,1-6H3,(H,19,20). The van der Waals surface area contributed by atoms with Crippen LogP contribution in [-0.4, -0.2) is 38.6 Å². The molecule has 0 unspecified atom stereocenters. The first kappa shape index (κ1) is 20.9. The molecule has 0 radical (unpaired) electrons. The van der Waals surface area contributed by atoms with Gasteiger partial charge >= 0.3 is 11.9 Å². The molecule has 1 rings (SSSR count). The van der Waals surface area contributed by atoms with Crippen LogP contribution in [-0.2, 0) is 18.8 Å². The lowest BCUT2D eigenvalue weighted by atomic mass is 9.86. The Kier molecular flexibility index (Phi) is 7.22. The van der Waals surface area contributed by atoms with Crippen molar-refractivity contribution in [1.29, 1.82) is 0 Å². The summed E-state index contributed by atoms with van der Waals surface area (Å²) >= 11 is 0. The van der Waals surface area contributed by atoms with Crippen molar-refractivity contribution in [1.82, 2.24) is 0 Å². The van der Waals surface area contributed by atoms with E-state index in [0.29, 0.717) is 0 Å². The van der Waals surface area contributed by atoms with Crippen molar-refractivity contribution in [3.63, 3.8) is 0 Å². The van der Waals surface area contributed by atoms with Crippen molar-refractivity contribution in [2.24, 2.45) is 5.92 Å². The predicted octanol–water partition coefficient (Wildman–Crippen LogP) is 4.14. The second-order valence-electron chi connectivity index (χ2n) is 8.17. The van der Waals surface area contributed by atoms with Crippen molar-refractivity contribution < 1.29 is 23.9 Å². The van der Waals surface area contributed by atoms with Crippen LogP contribution in [0.1, 0.15) is 52.9 Å². The maximum absolute atomic E-state index is 11.7. The van der Waals surface area contributed by atoms with Crippen LogP contribution in [0.25, 0.3) is 0 Å². The monoisotopic (exact) mass is 356 g/mol. The second kappa shape index (κ2) is 8.29. The Morgan fingerprint density at radius 1 is 1.17 bits per heavy atom. The average Bonchev–Trinajstić information content (AvgIpc) is 2.45. The van der Waals surface area contributed by atoms with E-state index >= 15 is 0 Å². The summed E-state index contributed by atoms with van der Waals surface area (Å²) in [7, 11) is -0.479. The first-order chi connectivity index (χ1) is 11.0. The largest absolute Gasteiger partial charge is 0.481 e. The molecule has 0 aromatic carbocycles. The lowest BCUT2D eigenvalue weighted by Crippen LogP contribution is -2.44. The molecule has 0 spiro atoms. The molecule has 5 nitrogen and oxygen atoms in total. The molecule has 24 heavy (non-hydrogen) atoms. The number of hydrogen-bond donors (Lipinski definition) is 1. The third-order valence-electron chi connectivity index (χ3n) is 5.21. The van der Waals surface area contributed by atoms with Crippen molar-refractivity contribution in [3.8, 4) is 0 Å². The Labute approximate surface area is 146 Å². The molecule has 0 aromatic heterocycles. The summed E-state index contributed by atoms with van der Waals surface area (Å²) in [5.41, 5.74) is 0.249. The number of carboxylic acids is 1. The van der Waals surface area contributed by atoms with Gasteiger partial charge in [-0.15, -0.1) is 0 Å². The topological polar surface area (TPSA) is 72.8 Å². The van der Waals surface area contributed by atoms with Crippen molar-refractivity contribution in [3.05, 3.63) is 11.6 Å². The molecular formula is C18H32O5Si. The molecule has 1 aliphatic rings. The second-order valence-corrected chi connectivity index (χ2v) is 12.9. The minimum atomic E-state index is -1.76. The van der Waals surface area contributed by atoms with E-state index in [9.17, 15) is 9.59 Å². The minimum absolute atomic E-state index is 0.198. The van der Waals surface area contributed by atoms with Gasteiger partial charge in [0.1, 0.15) is 0 Å². The van der Waals surface area contributed by atoms with Gasteiger partial charge in [-0.1, -0.05) is 26.8 Å². The quantitative estimate of drug-likeness (QED) is 0.440.